The molecule has 1 N–H and O–H groups in total. The normalized spacial score (nSPS) is 11.5. The summed E-state index contributed by atoms with van der Waals surface area (Å²) in [5.74, 6) is 0.568. The lowest BCUT2D eigenvalue weighted by molar-refractivity contribution is 0.225. The number of phenolic OH excluding ortho intramolecular Hbond substituents is 1. The van der Waals surface area contributed by atoms with Gasteiger partial charge in [0.1, 0.15) is 11.5 Å². The maximum absolute atomic E-state index is 11.0. The topological polar surface area (TPSA) is 46.5 Å². The summed E-state index contributed by atoms with van der Waals surface area (Å²) in [5, 5.41) is 9.91. The van der Waals surface area contributed by atoms with E-state index < -0.39 is 5.43 Å². The minimum Gasteiger partial charge on any atom is -0.506 e. The summed E-state index contributed by atoms with van der Waals surface area (Å²) in [7, 11) is 0. The molecule has 7 heteroatoms. The molecule has 128 valence electrons. The van der Waals surface area contributed by atoms with Crippen molar-refractivity contribution in [2.75, 3.05) is 0 Å². The van der Waals surface area contributed by atoms with E-state index in [0.717, 1.165) is 16.7 Å². The van der Waals surface area contributed by atoms with E-state index >= 15 is 0 Å². The molecule has 0 aromatic heterocycles. The second-order valence-corrected chi connectivity index (χ2v) is 8.73. The number of carbonyl (C=O) groups excluding carboxylic acids is 1. The summed E-state index contributed by atoms with van der Waals surface area (Å²) < 4.78 is 6.91. The fraction of sp³-hybridized carbons (Fsp3) is 0.235. The van der Waals surface area contributed by atoms with E-state index in [0.29, 0.717) is 19.2 Å². The number of hydrogen-bond acceptors (Lipinski definition) is 3. The van der Waals surface area contributed by atoms with Crippen LogP contribution in [0.5, 0.6) is 11.5 Å². The van der Waals surface area contributed by atoms with E-state index in [1.807, 2.05) is 31.2 Å². The molecule has 3 nitrogen and oxygen atoms in total. The predicted molar refractivity (Wildman–Crippen MR) is 106 cm³/mol. The molecule has 0 bridgehead atoms. The van der Waals surface area contributed by atoms with Gasteiger partial charge in [-0.05, 0) is 89.6 Å². The van der Waals surface area contributed by atoms with E-state index in [2.05, 4.69) is 61.6 Å². The summed E-state index contributed by atoms with van der Waals surface area (Å²) in [6.45, 7) is 6.00. The minimum atomic E-state index is -0.878. The molecule has 0 radical (unpaired) electrons. The number of aryl methyl sites for hydroxylation is 1. The number of ether oxygens (including phenoxy) is 1. The van der Waals surface area contributed by atoms with Crippen molar-refractivity contribution in [2.24, 2.45) is 0 Å². The van der Waals surface area contributed by atoms with Gasteiger partial charge in [-0.3, -0.25) is 0 Å². The van der Waals surface area contributed by atoms with Crippen molar-refractivity contribution in [3.63, 3.8) is 0 Å². The number of hydrogen-bond donors (Lipinski definition) is 1. The van der Waals surface area contributed by atoms with E-state index in [4.69, 9.17) is 16.3 Å². The van der Waals surface area contributed by atoms with Crippen LogP contribution < -0.4 is 4.74 Å². The van der Waals surface area contributed by atoms with Gasteiger partial charge in [0.25, 0.3) is 0 Å². The van der Waals surface area contributed by atoms with Crippen molar-refractivity contribution < 1.29 is 14.6 Å². The summed E-state index contributed by atoms with van der Waals surface area (Å²) in [6.07, 6.45) is 0. The number of rotatable bonds is 3. The zero-order valence-corrected chi connectivity index (χ0v) is 18.6. The van der Waals surface area contributed by atoms with Crippen molar-refractivity contribution in [1.29, 1.82) is 0 Å². The molecule has 0 saturated carbocycles. The van der Waals surface area contributed by atoms with E-state index in [1.54, 1.807) is 0 Å². The molecule has 0 amide bonds. The maximum atomic E-state index is 11.0. The molecular formula is C17H14Br3ClO3. The Labute approximate surface area is 170 Å². The molecule has 0 fully saturated rings. The van der Waals surface area contributed by atoms with E-state index in [9.17, 15) is 9.90 Å². The summed E-state index contributed by atoms with van der Waals surface area (Å²) in [5.41, 5.74) is 1.59. The molecule has 24 heavy (non-hydrogen) atoms. The average Bonchev–Trinajstić information content (AvgIpc) is 2.47. The Balaban J connectivity index is 2.56. The minimum absolute atomic E-state index is 0.163. The number of benzene rings is 2. The average molecular weight is 541 g/mol. The third-order valence-electron chi connectivity index (χ3n) is 3.87. The molecule has 0 aliphatic carbocycles. The van der Waals surface area contributed by atoms with Gasteiger partial charge in [-0.25, -0.2) is 4.79 Å². The van der Waals surface area contributed by atoms with Crippen LogP contribution in [0.2, 0.25) is 0 Å². The van der Waals surface area contributed by atoms with Crippen LogP contribution in [-0.2, 0) is 5.41 Å². The van der Waals surface area contributed by atoms with Crippen molar-refractivity contribution >= 4 is 64.8 Å². The largest absolute Gasteiger partial charge is 0.506 e. The first-order valence-corrected chi connectivity index (χ1v) is 9.66. The Bertz CT molecular complexity index is 773. The van der Waals surface area contributed by atoms with Crippen molar-refractivity contribution in [3.05, 3.63) is 54.4 Å². The Hall–Kier alpha value is -0.560. The lowest BCUT2D eigenvalue weighted by Crippen LogP contribution is -2.19. The Kier molecular flexibility index (Phi) is 6.06. The van der Waals surface area contributed by atoms with Crippen LogP contribution in [0.1, 0.15) is 30.5 Å². The molecule has 0 aliphatic rings. The van der Waals surface area contributed by atoms with Gasteiger partial charge in [0.05, 0.1) is 13.4 Å². The van der Waals surface area contributed by atoms with Crippen molar-refractivity contribution in [3.8, 4) is 11.5 Å². The summed E-state index contributed by atoms with van der Waals surface area (Å²) in [4.78, 5) is 11.0. The highest BCUT2D eigenvalue weighted by atomic mass is 79.9. The van der Waals surface area contributed by atoms with Gasteiger partial charge in [0.2, 0.25) is 0 Å². The van der Waals surface area contributed by atoms with Crippen LogP contribution in [0.4, 0.5) is 4.79 Å². The van der Waals surface area contributed by atoms with Gasteiger partial charge in [-0.15, -0.1) is 0 Å². The van der Waals surface area contributed by atoms with E-state index in [-0.39, 0.29) is 11.2 Å². The molecular weight excluding hydrogens is 527 g/mol. The third kappa shape index (κ3) is 3.98. The fourth-order valence-electron chi connectivity index (χ4n) is 2.39. The second kappa shape index (κ2) is 7.36. The molecule has 0 saturated heterocycles. The quantitative estimate of drug-likeness (QED) is 0.424. The summed E-state index contributed by atoms with van der Waals surface area (Å²) in [6, 6.07) is 7.62. The lowest BCUT2D eigenvalue weighted by Gasteiger charge is -2.28. The lowest BCUT2D eigenvalue weighted by atomic mass is 9.77. The standard InChI is InChI=1S/C17H14Br3ClO3/c1-8-4-9(7-13(20)15(8)24-16(21)23)17(2,3)10-5-11(18)14(22)12(19)6-10/h4-7,22H,1-3H3. The zero-order valence-electron chi connectivity index (χ0n) is 13.1. The molecule has 0 unspecified atom stereocenters. The first kappa shape index (κ1) is 19.8. The first-order valence-electron chi connectivity index (χ1n) is 6.90. The molecule has 2 aromatic carbocycles. The van der Waals surface area contributed by atoms with Crippen LogP contribution in [0.15, 0.2) is 37.7 Å². The molecule has 0 aliphatic heterocycles. The van der Waals surface area contributed by atoms with Crippen LogP contribution in [-0.4, -0.2) is 10.5 Å². The van der Waals surface area contributed by atoms with Gasteiger partial charge in [-0.1, -0.05) is 19.9 Å². The van der Waals surface area contributed by atoms with Gasteiger partial charge in [0.15, 0.2) is 0 Å². The highest BCUT2D eigenvalue weighted by molar-refractivity contribution is 9.11. The van der Waals surface area contributed by atoms with Gasteiger partial charge in [0, 0.05) is 17.0 Å². The van der Waals surface area contributed by atoms with Crippen LogP contribution in [0.25, 0.3) is 0 Å². The van der Waals surface area contributed by atoms with Crippen LogP contribution in [0.3, 0.4) is 0 Å². The molecule has 2 aromatic rings. The predicted octanol–water partition coefficient (Wildman–Crippen LogP) is 7.05. The molecule has 0 heterocycles. The monoisotopic (exact) mass is 538 g/mol. The Morgan fingerprint density at radius 1 is 1.04 bits per heavy atom. The van der Waals surface area contributed by atoms with Crippen LogP contribution in [0, 0.1) is 6.92 Å². The Morgan fingerprint density at radius 3 is 1.96 bits per heavy atom. The third-order valence-corrected chi connectivity index (χ3v) is 5.75. The second-order valence-electron chi connectivity index (χ2n) is 5.86. The first-order chi connectivity index (χ1) is 11.0. The van der Waals surface area contributed by atoms with Crippen molar-refractivity contribution in [1.82, 2.24) is 0 Å². The highest BCUT2D eigenvalue weighted by Gasteiger charge is 2.27. The number of aromatic hydroxyl groups is 1. The van der Waals surface area contributed by atoms with Crippen molar-refractivity contribution in [2.45, 2.75) is 26.2 Å². The SMILES string of the molecule is Cc1cc(C(C)(C)c2cc(Br)c(O)c(Br)c2)cc(Br)c1OC(=O)Cl. The molecule has 0 spiro atoms. The fourth-order valence-corrected chi connectivity index (χ4v) is 4.30. The summed E-state index contributed by atoms with van der Waals surface area (Å²) >= 11 is 15.5. The Morgan fingerprint density at radius 2 is 1.50 bits per heavy atom. The highest BCUT2D eigenvalue weighted by Crippen LogP contribution is 2.42. The maximum Gasteiger partial charge on any atom is 0.409 e. The van der Waals surface area contributed by atoms with Gasteiger partial charge >= 0.3 is 5.43 Å². The molecule has 0 atom stereocenters. The number of carbonyl (C=O) groups is 1. The van der Waals surface area contributed by atoms with E-state index in [1.165, 1.54) is 0 Å². The van der Waals surface area contributed by atoms with Crippen LogP contribution >= 0.6 is 59.4 Å². The van der Waals surface area contributed by atoms with Gasteiger partial charge < -0.3 is 9.84 Å². The zero-order chi connectivity index (χ0) is 18.2. The number of halogens is 4. The smallest absolute Gasteiger partial charge is 0.409 e. The van der Waals surface area contributed by atoms with Gasteiger partial charge in [-0.2, -0.15) is 0 Å². The number of phenols is 1. The molecule has 2 rings (SSSR count).